The molecule has 0 N–H and O–H groups in total. The molecule has 2 nitrogen and oxygen atoms in total. The van der Waals surface area contributed by atoms with Crippen molar-refractivity contribution in [3.8, 4) is 27.9 Å². The molecule has 7 aromatic carbocycles. The average molecular weight is 697 g/mol. The number of aryl methyl sites for hydroxylation is 1. The Hall–Kier alpha value is -6.38. The normalized spacial score (nSPS) is 14.4. The molecule has 10 rings (SSSR count). The van der Waals surface area contributed by atoms with Gasteiger partial charge in [0.2, 0.25) is 0 Å². The molecule has 2 heteroatoms. The number of rotatable bonds is 6. The predicted molar refractivity (Wildman–Crippen MR) is 229 cm³/mol. The fraction of sp³-hybridized carbons (Fsp3) is 0.115. The highest BCUT2D eigenvalue weighted by Crippen LogP contribution is 2.51. The van der Waals surface area contributed by atoms with Crippen LogP contribution in [0, 0.1) is 13.8 Å². The van der Waals surface area contributed by atoms with Gasteiger partial charge >= 0.3 is 0 Å². The zero-order chi connectivity index (χ0) is 38.3. The highest BCUT2D eigenvalue weighted by Gasteiger charge is 2.36. The maximum Gasteiger partial charge on any atom is 0.0629 e. The Morgan fingerprint density at radius 2 is 1.11 bits per heavy atom. The lowest BCUT2D eigenvalue weighted by Gasteiger charge is -2.26. The van der Waals surface area contributed by atoms with Crippen LogP contribution in [-0.2, 0) is 11.8 Å². The molecule has 54 heavy (non-hydrogen) atoms. The van der Waals surface area contributed by atoms with Crippen molar-refractivity contribution < 1.29 is 2.74 Å². The second-order valence-electron chi connectivity index (χ2n) is 15.3. The van der Waals surface area contributed by atoms with Crippen LogP contribution in [-0.4, -0.2) is 4.57 Å². The first kappa shape index (κ1) is 30.1. The number of para-hydroxylation sites is 3. The minimum atomic E-state index is -0.264. The standard InChI is InChI=1S/C52H42N2/c1-34-35(2)53(40-14-8-5-9-15-40)51-33-50-48(32-47(34)51)46-26-23-37(29-49(46)52(50,3)4)21-20-36-22-25-44-38(28-36)30-39-31-43(24-27-45(39)44)54(41-16-10-6-11-17-41)42-18-12-7-13-19-42/h5-29,31-33H,30H2,1-4H3/b21-20+/i20D,21D. The second kappa shape index (κ2) is 12.4. The molecule has 0 saturated carbocycles. The van der Waals surface area contributed by atoms with E-state index in [9.17, 15) is 2.74 Å². The maximum atomic E-state index is 9.33. The Labute approximate surface area is 321 Å². The average Bonchev–Trinajstić information content (AvgIpc) is 3.80. The smallest absolute Gasteiger partial charge is 0.0629 e. The van der Waals surface area contributed by atoms with Crippen molar-refractivity contribution >= 4 is 40.1 Å². The number of nitrogens with zero attached hydrogens (tertiary/aromatic N) is 2. The number of hydrogen-bond acceptors (Lipinski definition) is 1. The lowest BCUT2D eigenvalue weighted by molar-refractivity contribution is 0.660. The van der Waals surface area contributed by atoms with Gasteiger partial charge in [-0.1, -0.05) is 123 Å². The molecule has 1 aromatic heterocycles. The van der Waals surface area contributed by atoms with Crippen LogP contribution < -0.4 is 4.90 Å². The summed E-state index contributed by atoms with van der Waals surface area (Å²) in [4.78, 5) is 2.30. The van der Waals surface area contributed by atoms with Gasteiger partial charge in [0.05, 0.1) is 8.26 Å². The molecule has 0 atom stereocenters. The summed E-state index contributed by atoms with van der Waals surface area (Å²) in [5, 5.41) is 1.27. The Balaban J connectivity index is 0.976. The van der Waals surface area contributed by atoms with Gasteiger partial charge in [-0.05, 0) is 142 Å². The molecular weight excluding hydrogens is 653 g/mol. The van der Waals surface area contributed by atoms with Gasteiger partial charge in [0.15, 0.2) is 0 Å². The quantitative estimate of drug-likeness (QED) is 0.157. The van der Waals surface area contributed by atoms with E-state index in [-0.39, 0.29) is 17.5 Å². The van der Waals surface area contributed by atoms with Crippen molar-refractivity contribution in [2.75, 3.05) is 4.90 Å². The minimum absolute atomic E-state index is 0.241. The van der Waals surface area contributed by atoms with Gasteiger partial charge in [0.25, 0.3) is 0 Å². The van der Waals surface area contributed by atoms with Gasteiger partial charge in [-0.3, -0.25) is 0 Å². The van der Waals surface area contributed by atoms with Crippen LogP contribution in [0.5, 0.6) is 0 Å². The van der Waals surface area contributed by atoms with Crippen molar-refractivity contribution in [3.63, 3.8) is 0 Å². The van der Waals surface area contributed by atoms with Gasteiger partial charge in [-0.25, -0.2) is 0 Å². The van der Waals surface area contributed by atoms with Crippen LogP contribution >= 0.6 is 0 Å². The number of benzene rings is 7. The van der Waals surface area contributed by atoms with Crippen molar-refractivity contribution in [2.45, 2.75) is 39.5 Å². The van der Waals surface area contributed by atoms with Gasteiger partial charge in [0, 0.05) is 39.2 Å². The third kappa shape index (κ3) is 5.09. The van der Waals surface area contributed by atoms with Crippen LogP contribution in [0.15, 0.2) is 158 Å². The Morgan fingerprint density at radius 1 is 0.556 bits per heavy atom. The fourth-order valence-electron chi connectivity index (χ4n) is 8.95. The summed E-state index contributed by atoms with van der Waals surface area (Å²) in [5.74, 6) is 0. The molecule has 0 radical (unpaired) electrons. The fourth-order valence-corrected chi connectivity index (χ4v) is 8.95. The van der Waals surface area contributed by atoms with Crippen LogP contribution in [0.3, 0.4) is 0 Å². The first-order chi connectivity index (χ1) is 27.2. The van der Waals surface area contributed by atoms with E-state index in [2.05, 4.69) is 183 Å². The summed E-state index contributed by atoms with van der Waals surface area (Å²) in [5.41, 5.74) is 19.5. The number of fused-ring (bicyclic) bond motifs is 7. The van der Waals surface area contributed by atoms with E-state index in [1.54, 1.807) is 0 Å². The van der Waals surface area contributed by atoms with Gasteiger partial charge in [0.1, 0.15) is 0 Å². The molecule has 0 spiro atoms. The molecule has 0 saturated heterocycles. The van der Waals surface area contributed by atoms with E-state index in [1.165, 1.54) is 72.4 Å². The lowest BCUT2D eigenvalue weighted by atomic mass is 9.81. The highest BCUT2D eigenvalue weighted by molar-refractivity contribution is 5.96. The SMILES string of the molecule is [2H]/C(=C(/[2H])c1ccc2c(c1)C(C)(C)c1cc3c(cc1-2)c(C)c(C)n3-c1ccccc1)c1ccc2c(c1)Cc1cc(N(c3ccccc3)c3ccccc3)ccc1-2. The number of aromatic nitrogens is 1. The first-order valence-corrected chi connectivity index (χ1v) is 18.9. The van der Waals surface area contributed by atoms with Gasteiger partial charge < -0.3 is 9.47 Å². The topological polar surface area (TPSA) is 8.17 Å². The molecule has 0 bridgehead atoms. The summed E-state index contributed by atoms with van der Waals surface area (Å²) in [6.07, 6.45) is 0.787. The maximum absolute atomic E-state index is 9.33. The van der Waals surface area contributed by atoms with Crippen molar-refractivity contribution in [1.82, 2.24) is 4.57 Å². The van der Waals surface area contributed by atoms with Crippen molar-refractivity contribution in [1.29, 1.82) is 0 Å². The minimum Gasteiger partial charge on any atom is -0.314 e. The largest absolute Gasteiger partial charge is 0.314 e. The molecule has 2 aliphatic carbocycles. The lowest BCUT2D eigenvalue weighted by Crippen LogP contribution is -2.15. The second-order valence-corrected chi connectivity index (χ2v) is 15.3. The monoisotopic (exact) mass is 696 g/mol. The molecule has 2 aliphatic rings. The summed E-state index contributed by atoms with van der Waals surface area (Å²) >= 11 is 0. The molecule has 0 aliphatic heterocycles. The Morgan fingerprint density at radius 3 is 1.78 bits per heavy atom. The number of hydrogen-bond donors (Lipinski definition) is 0. The summed E-state index contributed by atoms with van der Waals surface area (Å²) in [6, 6.07) is 56.3. The number of anilines is 3. The van der Waals surface area contributed by atoms with E-state index in [0.717, 1.165) is 34.6 Å². The molecule has 1 heterocycles. The van der Waals surface area contributed by atoms with Crippen molar-refractivity contribution in [2.24, 2.45) is 0 Å². The van der Waals surface area contributed by atoms with Crippen LogP contribution in [0.25, 0.3) is 50.9 Å². The van der Waals surface area contributed by atoms with E-state index in [1.807, 2.05) is 12.1 Å². The summed E-state index contributed by atoms with van der Waals surface area (Å²) < 4.78 is 21.0. The van der Waals surface area contributed by atoms with Gasteiger partial charge in [-0.15, -0.1) is 0 Å². The summed E-state index contributed by atoms with van der Waals surface area (Å²) in [6.45, 7) is 9.02. The zero-order valence-electron chi connectivity index (χ0n) is 33.1. The molecular formula is C52H42N2. The molecule has 260 valence electrons. The predicted octanol–water partition coefficient (Wildman–Crippen LogP) is 13.8. The highest BCUT2D eigenvalue weighted by atomic mass is 15.1. The van der Waals surface area contributed by atoms with Gasteiger partial charge in [-0.2, -0.15) is 0 Å². The molecule has 8 aromatic rings. The Bertz CT molecular complexity index is 2840. The van der Waals surface area contributed by atoms with Crippen LogP contribution in [0.4, 0.5) is 17.1 Å². The zero-order valence-corrected chi connectivity index (χ0v) is 31.1. The van der Waals surface area contributed by atoms with Crippen LogP contribution in [0.2, 0.25) is 0 Å². The first-order valence-electron chi connectivity index (χ1n) is 19.9. The van der Waals surface area contributed by atoms with E-state index in [4.69, 9.17) is 0 Å². The molecule has 0 amide bonds. The van der Waals surface area contributed by atoms with E-state index in [0.29, 0.717) is 0 Å². The van der Waals surface area contributed by atoms with Crippen LogP contribution in [0.1, 0.15) is 61.2 Å². The third-order valence-corrected chi connectivity index (χ3v) is 11.8. The van der Waals surface area contributed by atoms with E-state index >= 15 is 0 Å². The molecule has 0 fully saturated rings. The van der Waals surface area contributed by atoms with Crippen molar-refractivity contribution in [3.05, 3.63) is 202 Å². The van der Waals surface area contributed by atoms with E-state index < -0.39 is 0 Å². The summed E-state index contributed by atoms with van der Waals surface area (Å²) in [7, 11) is 0. The Kier molecular flexibility index (Phi) is 6.89. The third-order valence-electron chi connectivity index (χ3n) is 11.8. The molecule has 0 unspecified atom stereocenters.